The standard InChI is InChI=1S/C18H21N3O2S/c22-17(16-10-24-13-20-16)21-8-14-4-3-6-18(14,11-21)12-23-9-15-5-1-2-7-19-15/h1-2,5,7,10,13-14H,3-4,6,8-9,11-12H2/t14-,18+/m0/s1. The van der Waals surface area contributed by atoms with Crippen LogP contribution < -0.4 is 0 Å². The molecule has 1 aliphatic carbocycles. The third-order valence-electron chi connectivity index (χ3n) is 5.34. The van der Waals surface area contributed by atoms with Crippen LogP contribution in [0.3, 0.4) is 0 Å². The molecule has 2 aliphatic rings. The van der Waals surface area contributed by atoms with Gasteiger partial charge < -0.3 is 9.64 Å². The van der Waals surface area contributed by atoms with E-state index in [2.05, 4.69) is 9.97 Å². The van der Waals surface area contributed by atoms with E-state index in [1.807, 2.05) is 28.5 Å². The Morgan fingerprint density at radius 2 is 2.38 bits per heavy atom. The van der Waals surface area contributed by atoms with Gasteiger partial charge in [0.05, 0.1) is 24.4 Å². The molecule has 4 rings (SSSR count). The number of carbonyl (C=O) groups is 1. The van der Waals surface area contributed by atoms with Crippen LogP contribution in [0.1, 0.15) is 35.4 Å². The van der Waals surface area contributed by atoms with Gasteiger partial charge >= 0.3 is 0 Å². The number of rotatable bonds is 5. The Balaban J connectivity index is 1.40. The lowest BCUT2D eigenvalue weighted by Crippen LogP contribution is -2.34. The molecular formula is C18H21N3O2S. The number of ether oxygens (including phenoxy) is 1. The molecule has 5 nitrogen and oxygen atoms in total. The van der Waals surface area contributed by atoms with Gasteiger partial charge in [-0.1, -0.05) is 12.5 Å². The van der Waals surface area contributed by atoms with Crippen LogP contribution in [0, 0.1) is 11.3 Å². The van der Waals surface area contributed by atoms with E-state index >= 15 is 0 Å². The van der Waals surface area contributed by atoms with Crippen LogP contribution in [0.4, 0.5) is 0 Å². The molecule has 3 heterocycles. The molecule has 1 amide bonds. The SMILES string of the molecule is O=C(c1cscn1)N1C[C@@H]2CCC[C@]2(COCc2ccccn2)C1. The summed E-state index contributed by atoms with van der Waals surface area (Å²) in [6, 6.07) is 5.87. The topological polar surface area (TPSA) is 55.3 Å². The summed E-state index contributed by atoms with van der Waals surface area (Å²) in [5.41, 5.74) is 3.36. The molecule has 0 spiro atoms. The van der Waals surface area contributed by atoms with E-state index in [1.165, 1.54) is 24.2 Å². The summed E-state index contributed by atoms with van der Waals surface area (Å²) >= 11 is 1.47. The molecule has 6 heteroatoms. The quantitative estimate of drug-likeness (QED) is 0.837. The van der Waals surface area contributed by atoms with Crippen LogP contribution in [-0.2, 0) is 11.3 Å². The first-order valence-electron chi connectivity index (χ1n) is 8.42. The van der Waals surface area contributed by atoms with E-state index in [9.17, 15) is 4.79 Å². The molecule has 0 bridgehead atoms. The number of likely N-dealkylation sites (tertiary alicyclic amines) is 1. The van der Waals surface area contributed by atoms with Crippen LogP contribution in [-0.4, -0.2) is 40.5 Å². The molecule has 0 unspecified atom stereocenters. The van der Waals surface area contributed by atoms with Crippen molar-refractivity contribution in [1.29, 1.82) is 0 Å². The zero-order valence-electron chi connectivity index (χ0n) is 13.6. The van der Waals surface area contributed by atoms with Crippen molar-refractivity contribution in [2.75, 3.05) is 19.7 Å². The highest BCUT2D eigenvalue weighted by molar-refractivity contribution is 7.07. The Bertz CT molecular complexity index is 692. The normalized spacial score (nSPS) is 25.8. The molecule has 0 radical (unpaired) electrons. The van der Waals surface area contributed by atoms with Gasteiger partial charge in [0.25, 0.3) is 5.91 Å². The van der Waals surface area contributed by atoms with Gasteiger partial charge in [-0.3, -0.25) is 9.78 Å². The number of pyridine rings is 1. The van der Waals surface area contributed by atoms with Crippen molar-refractivity contribution in [2.45, 2.75) is 25.9 Å². The van der Waals surface area contributed by atoms with Crippen molar-refractivity contribution in [1.82, 2.24) is 14.9 Å². The molecule has 24 heavy (non-hydrogen) atoms. The van der Waals surface area contributed by atoms with E-state index in [1.54, 1.807) is 11.7 Å². The Hall–Kier alpha value is -1.79. The predicted molar refractivity (Wildman–Crippen MR) is 91.7 cm³/mol. The van der Waals surface area contributed by atoms with E-state index in [0.29, 0.717) is 24.8 Å². The summed E-state index contributed by atoms with van der Waals surface area (Å²) in [7, 11) is 0. The van der Waals surface area contributed by atoms with Crippen molar-refractivity contribution >= 4 is 17.2 Å². The zero-order valence-corrected chi connectivity index (χ0v) is 14.4. The first-order valence-corrected chi connectivity index (χ1v) is 9.36. The number of aromatic nitrogens is 2. The lowest BCUT2D eigenvalue weighted by molar-refractivity contribution is 0.0252. The Morgan fingerprint density at radius 1 is 1.42 bits per heavy atom. The molecule has 2 atom stereocenters. The third-order valence-corrected chi connectivity index (χ3v) is 5.93. The number of thiazole rings is 1. The van der Waals surface area contributed by atoms with Crippen molar-refractivity contribution in [3.8, 4) is 0 Å². The highest BCUT2D eigenvalue weighted by atomic mass is 32.1. The molecule has 1 saturated heterocycles. The molecule has 1 aliphatic heterocycles. The number of hydrogen-bond acceptors (Lipinski definition) is 5. The first kappa shape index (κ1) is 15.7. The van der Waals surface area contributed by atoms with E-state index < -0.39 is 0 Å². The van der Waals surface area contributed by atoms with Crippen molar-refractivity contribution in [3.05, 3.63) is 46.7 Å². The van der Waals surface area contributed by atoms with Gasteiger partial charge in [0.2, 0.25) is 0 Å². The molecule has 126 valence electrons. The fourth-order valence-electron chi connectivity index (χ4n) is 4.13. The van der Waals surface area contributed by atoms with Gasteiger partial charge in [0.15, 0.2) is 0 Å². The maximum Gasteiger partial charge on any atom is 0.273 e. The number of fused-ring (bicyclic) bond motifs is 1. The van der Waals surface area contributed by atoms with E-state index in [0.717, 1.165) is 25.2 Å². The summed E-state index contributed by atoms with van der Waals surface area (Å²) in [4.78, 5) is 23.0. The monoisotopic (exact) mass is 343 g/mol. The van der Waals surface area contributed by atoms with Crippen molar-refractivity contribution in [3.63, 3.8) is 0 Å². The molecule has 2 fully saturated rings. The molecule has 0 aromatic carbocycles. The molecule has 0 N–H and O–H groups in total. The Kier molecular flexibility index (Phi) is 4.33. The van der Waals surface area contributed by atoms with E-state index in [-0.39, 0.29) is 11.3 Å². The minimum absolute atomic E-state index is 0.0646. The number of nitrogens with zero attached hydrogens (tertiary/aromatic N) is 3. The van der Waals surface area contributed by atoms with Gasteiger partial charge in [0, 0.05) is 30.1 Å². The third kappa shape index (κ3) is 2.96. The maximum absolute atomic E-state index is 12.6. The molecule has 1 saturated carbocycles. The first-order chi connectivity index (χ1) is 11.8. The lowest BCUT2D eigenvalue weighted by atomic mass is 9.81. The fourth-order valence-corrected chi connectivity index (χ4v) is 4.65. The fraction of sp³-hybridized carbons (Fsp3) is 0.500. The predicted octanol–water partition coefficient (Wildman–Crippen LogP) is 3.00. The average molecular weight is 343 g/mol. The van der Waals surface area contributed by atoms with Gasteiger partial charge in [-0.05, 0) is 30.9 Å². The highest BCUT2D eigenvalue weighted by Gasteiger charge is 2.50. The van der Waals surface area contributed by atoms with Gasteiger partial charge in [0.1, 0.15) is 5.69 Å². The van der Waals surface area contributed by atoms with Gasteiger partial charge in [-0.25, -0.2) is 4.98 Å². The largest absolute Gasteiger partial charge is 0.375 e. The second-order valence-electron chi connectivity index (χ2n) is 6.82. The minimum Gasteiger partial charge on any atom is -0.375 e. The second kappa shape index (κ2) is 6.61. The number of amides is 1. The Labute approximate surface area is 145 Å². The summed E-state index contributed by atoms with van der Waals surface area (Å²) in [6.45, 7) is 2.87. The van der Waals surface area contributed by atoms with Crippen LogP contribution in [0.2, 0.25) is 0 Å². The average Bonchev–Trinajstić information content (AvgIpc) is 3.31. The van der Waals surface area contributed by atoms with Crippen molar-refractivity contribution in [2.24, 2.45) is 11.3 Å². The van der Waals surface area contributed by atoms with Crippen molar-refractivity contribution < 1.29 is 9.53 Å². The number of carbonyl (C=O) groups excluding carboxylic acids is 1. The summed E-state index contributed by atoms with van der Waals surface area (Å²) in [6.07, 6.45) is 5.35. The smallest absolute Gasteiger partial charge is 0.273 e. The van der Waals surface area contributed by atoms with Crippen LogP contribution in [0.5, 0.6) is 0 Å². The van der Waals surface area contributed by atoms with E-state index in [4.69, 9.17) is 4.74 Å². The summed E-state index contributed by atoms with van der Waals surface area (Å²) < 4.78 is 6.01. The summed E-state index contributed by atoms with van der Waals surface area (Å²) in [5, 5.41) is 1.83. The molecule has 2 aromatic rings. The Morgan fingerprint density at radius 3 is 3.17 bits per heavy atom. The van der Waals surface area contributed by atoms with Crippen LogP contribution in [0.25, 0.3) is 0 Å². The van der Waals surface area contributed by atoms with Crippen LogP contribution >= 0.6 is 11.3 Å². The number of hydrogen-bond donors (Lipinski definition) is 0. The molecular weight excluding hydrogens is 322 g/mol. The highest BCUT2D eigenvalue weighted by Crippen LogP contribution is 2.49. The van der Waals surface area contributed by atoms with Crippen LogP contribution in [0.15, 0.2) is 35.3 Å². The zero-order chi connectivity index (χ0) is 16.4. The van der Waals surface area contributed by atoms with Gasteiger partial charge in [-0.2, -0.15) is 0 Å². The summed E-state index contributed by atoms with van der Waals surface area (Å²) in [5.74, 6) is 0.610. The second-order valence-corrected chi connectivity index (χ2v) is 7.54. The lowest BCUT2D eigenvalue weighted by Gasteiger charge is -2.28. The minimum atomic E-state index is 0.0646. The van der Waals surface area contributed by atoms with Gasteiger partial charge in [-0.15, -0.1) is 11.3 Å². The maximum atomic E-state index is 12.6. The molecule has 2 aromatic heterocycles.